The third-order valence-electron chi connectivity index (χ3n) is 2.62. The minimum absolute atomic E-state index is 0.0416. The zero-order chi connectivity index (χ0) is 10.7. The molecule has 1 aromatic heterocycles. The molecule has 0 saturated carbocycles. The Kier molecular flexibility index (Phi) is 3.18. The van der Waals surface area contributed by atoms with E-state index >= 15 is 0 Å². The highest BCUT2D eigenvalue weighted by atomic mass is 16.5. The Morgan fingerprint density at radius 3 is 2.87 bits per heavy atom. The molecular weight excluding hydrogens is 192 g/mol. The number of aliphatic hydroxyl groups is 1. The fourth-order valence-electron chi connectivity index (χ4n) is 1.79. The second kappa shape index (κ2) is 4.59. The van der Waals surface area contributed by atoms with Gasteiger partial charge in [-0.05, 0) is 13.0 Å². The van der Waals surface area contributed by atoms with Crippen LogP contribution < -0.4 is 4.90 Å². The SMILES string of the molecule is Cc1cc(N2CCOCC2)c(CO)cn1. The van der Waals surface area contributed by atoms with Gasteiger partial charge >= 0.3 is 0 Å². The van der Waals surface area contributed by atoms with Gasteiger partial charge in [-0.2, -0.15) is 0 Å². The van der Waals surface area contributed by atoms with Crippen LogP contribution in [0.3, 0.4) is 0 Å². The van der Waals surface area contributed by atoms with Crippen molar-refractivity contribution in [1.82, 2.24) is 4.98 Å². The molecule has 1 saturated heterocycles. The van der Waals surface area contributed by atoms with Crippen LogP contribution in [0.25, 0.3) is 0 Å². The highest BCUT2D eigenvalue weighted by Crippen LogP contribution is 2.21. The first-order valence-electron chi connectivity index (χ1n) is 5.20. The van der Waals surface area contributed by atoms with Crippen molar-refractivity contribution in [2.45, 2.75) is 13.5 Å². The highest BCUT2D eigenvalue weighted by Gasteiger charge is 2.14. The number of hydrogen-bond donors (Lipinski definition) is 1. The molecule has 2 rings (SSSR count). The Labute approximate surface area is 89.5 Å². The smallest absolute Gasteiger partial charge is 0.0717 e. The predicted octanol–water partition coefficient (Wildman–Crippen LogP) is 0.719. The van der Waals surface area contributed by atoms with Gasteiger partial charge in [0.05, 0.1) is 19.8 Å². The molecule has 0 aliphatic carbocycles. The van der Waals surface area contributed by atoms with Crippen LogP contribution in [0.4, 0.5) is 5.69 Å². The summed E-state index contributed by atoms with van der Waals surface area (Å²) < 4.78 is 5.31. The van der Waals surface area contributed by atoms with Gasteiger partial charge in [0.1, 0.15) is 0 Å². The monoisotopic (exact) mass is 208 g/mol. The van der Waals surface area contributed by atoms with Crippen LogP contribution >= 0.6 is 0 Å². The largest absolute Gasteiger partial charge is 0.392 e. The number of anilines is 1. The summed E-state index contributed by atoms with van der Waals surface area (Å²) in [7, 11) is 0. The molecule has 4 nitrogen and oxygen atoms in total. The molecular formula is C11H16N2O2. The maximum absolute atomic E-state index is 9.24. The van der Waals surface area contributed by atoms with Crippen LogP contribution in [0, 0.1) is 6.92 Å². The quantitative estimate of drug-likeness (QED) is 0.778. The maximum atomic E-state index is 9.24. The molecule has 1 aliphatic rings. The number of ether oxygens (including phenoxy) is 1. The van der Waals surface area contributed by atoms with E-state index in [1.807, 2.05) is 13.0 Å². The Morgan fingerprint density at radius 2 is 2.20 bits per heavy atom. The lowest BCUT2D eigenvalue weighted by Crippen LogP contribution is -2.36. The van der Waals surface area contributed by atoms with Crippen LogP contribution in [-0.2, 0) is 11.3 Å². The number of rotatable bonds is 2. The van der Waals surface area contributed by atoms with E-state index in [1.165, 1.54) is 0 Å². The van der Waals surface area contributed by atoms with E-state index in [0.29, 0.717) is 0 Å². The van der Waals surface area contributed by atoms with Gasteiger partial charge in [0.25, 0.3) is 0 Å². The van der Waals surface area contributed by atoms with Crippen molar-refractivity contribution in [3.63, 3.8) is 0 Å². The molecule has 1 aliphatic heterocycles. The van der Waals surface area contributed by atoms with Gasteiger partial charge < -0.3 is 14.7 Å². The zero-order valence-corrected chi connectivity index (χ0v) is 8.94. The third kappa shape index (κ3) is 2.27. The van der Waals surface area contributed by atoms with Crippen LogP contribution in [0.2, 0.25) is 0 Å². The lowest BCUT2D eigenvalue weighted by Gasteiger charge is -2.30. The van der Waals surface area contributed by atoms with Gasteiger partial charge in [-0.15, -0.1) is 0 Å². The lowest BCUT2D eigenvalue weighted by molar-refractivity contribution is 0.122. The van der Waals surface area contributed by atoms with Crippen molar-refractivity contribution >= 4 is 5.69 Å². The molecule has 1 fully saturated rings. The molecule has 4 heteroatoms. The minimum atomic E-state index is 0.0416. The van der Waals surface area contributed by atoms with E-state index in [4.69, 9.17) is 4.74 Å². The van der Waals surface area contributed by atoms with E-state index in [9.17, 15) is 5.11 Å². The normalized spacial score (nSPS) is 16.8. The number of aromatic nitrogens is 1. The lowest BCUT2D eigenvalue weighted by atomic mass is 10.2. The number of pyridine rings is 1. The average molecular weight is 208 g/mol. The first kappa shape index (κ1) is 10.4. The first-order chi connectivity index (χ1) is 7.31. The molecule has 1 aromatic rings. The third-order valence-corrected chi connectivity index (χ3v) is 2.62. The molecule has 15 heavy (non-hydrogen) atoms. The molecule has 2 heterocycles. The van der Waals surface area contributed by atoms with Crippen molar-refractivity contribution in [3.05, 3.63) is 23.5 Å². The van der Waals surface area contributed by atoms with Gasteiger partial charge in [0.2, 0.25) is 0 Å². The van der Waals surface area contributed by atoms with Gasteiger partial charge in [-0.1, -0.05) is 0 Å². The van der Waals surface area contributed by atoms with Crippen molar-refractivity contribution < 1.29 is 9.84 Å². The summed E-state index contributed by atoms with van der Waals surface area (Å²) in [6.45, 7) is 5.29. The molecule has 82 valence electrons. The van der Waals surface area contributed by atoms with Crippen molar-refractivity contribution in [2.24, 2.45) is 0 Å². The minimum Gasteiger partial charge on any atom is -0.392 e. The van der Waals surface area contributed by atoms with Crippen LogP contribution in [-0.4, -0.2) is 36.4 Å². The molecule has 0 amide bonds. The topological polar surface area (TPSA) is 45.6 Å². The molecule has 0 radical (unpaired) electrons. The van der Waals surface area contributed by atoms with Crippen LogP contribution in [0.5, 0.6) is 0 Å². The van der Waals surface area contributed by atoms with E-state index < -0.39 is 0 Å². The summed E-state index contributed by atoms with van der Waals surface area (Å²) in [5.41, 5.74) is 2.96. The molecule has 0 atom stereocenters. The number of aliphatic hydroxyl groups excluding tert-OH is 1. The van der Waals surface area contributed by atoms with Crippen LogP contribution in [0.1, 0.15) is 11.3 Å². The van der Waals surface area contributed by atoms with E-state index in [0.717, 1.165) is 43.2 Å². The highest BCUT2D eigenvalue weighted by molar-refractivity contribution is 5.53. The first-order valence-corrected chi connectivity index (χ1v) is 5.20. The van der Waals surface area contributed by atoms with Gasteiger partial charge in [0.15, 0.2) is 0 Å². The Bertz CT molecular complexity index is 335. The Hall–Kier alpha value is -1.13. The molecule has 0 aromatic carbocycles. The summed E-state index contributed by atoms with van der Waals surface area (Å²) in [6, 6.07) is 2.02. The van der Waals surface area contributed by atoms with E-state index in [1.54, 1.807) is 6.20 Å². The molecule has 1 N–H and O–H groups in total. The van der Waals surface area contributed by atoms with Crippen molar-refractivity contribution in [1.29, 1.82) is 0 Å². The zero-order valence-electron chi connectivity index (χ0n) is 8.94. The predicted molar refractivity (Wildman–Crippen MR) is 57.9 cm³/mol. The summed E-state index contributed by atoms with van der Waals surface area (Å²) in [5.74, 6) is 0. The summed E-state index contributed by atoms with van der Waals surface area (Å²) in [5, 5.41) is 9.24. The number of hydrogen-bond acceptors (Lipinski definition) is 4. The molecule has 0 spiro atoms. The second-order valence-electron chi connectivity index (χ2n) is 3.71. The number of morpholine rings is 1. The fraction of sp³-hybridized carbons (Fsp3) is 0.545. The Morgan fingerprint density at radius 1 is 1.47 bits per heavy atom. The summed E-state index contributed by atoms with van der Waals surface area (Å²) >= 11 is 0. The second-order valence-corrected chi connectivity index (χ2v) is 3.71. The van der Waals surface area contributed by atoms with Gasteiger partial charge in [-0.3, -0.25) is 4.98 Å². The summed E-state index contributed by atoms with van der Waals surface area (Å²) in [4.78, 5) is 6.43. The van der Waals surface area contributed by atoms with E-state index in [-0.39, 0.29) is 6.61 Å². The van der Waals surface area contributed by atoms with Crippen LogP contribution in [0.15, 0.2) is 12.3 Å². The average Bonchev–Trinajstić information content (AvgIpc) is 2.30. The molecule has 0 unspecified atom stereocenters. The maximum Gasteiger partial charge on any atom is 0.0717 e. The van der Waals surface area contributed by atoms with E-state index in [2.05, 4.69) is 9.88 Å². The molecule has 0 bridgehead atoms. The van der Waals surface area contributed by atoms with Crippen molar-refractivity contribution in [2.75, 3.05) is 31.2 Å². The summed E-state index contributed by atoms with van der Waals surface area (Å²) in [6.07, 6.45) is 1.75. The van der Waals surface area contributed by atoms with Gasteiger partial charge in [0, 0.05) is 36.2 Å². The standard InChI is InChI=1S/C11H16N2O2/c1-9-6-11(10(8-14)7-12-9)13-2-4-15-5-3-13/h6-7,14H,2-5,8H2,1H3. The number of nitrogens with zero attached hydrogens (tertiary/aromatic N) is 2. The van der Waals surface area contributed by atoms with Crippen molar-refractivity contribution in [3.8, 4) is 0 Å². The number of aryl methyl sites for hydroxylation is 1. The van der Waals surface area contributed by atoms with Gasteiger partial charge in [-0.25, -0.2) is 0 Å². The Balaban J connectivity index is 2.27. The fourth-order valence-corrected chi connectivity index (χ4v) is 1.79.